The molecule has 71 heavy (non-hydrogen) atoms. The summed E-state index contributed by atoms with van der Waals surface area (Å²) >= 11 is 0. The highest BCUT2D eigenvalue weighted by Gasteiger charge is 2.20. The second kappa shape index (κ2) is 15.6. The minimum atomic E-state index is 1.09. The molecule has 0 fully saturated rings. The molecule has 15 rings (SSSR count). The fourth-order valence-corrected chi connectivity index (χ4v) is 12.1. The summed E-state index contributed by atoms with van der Waals surface area (Å²) in [7, 11) is 0. The molecule has 15 aromatic carbocycles. The van der Waals surface area contributed by atoms with E-state index in [1.807, 2.05) is 0 Å². The van der Waals surface area contributed by atoms with Crippen LogP contribution in [0.15, 0.2) is 261 Å². The van der Waals surface area contributed by atoms with Gasteiger partial charge in [0.05, 0.1) is 0 Å². The molecule has 0 saturated carbocycles. The number of hydrogen-bond acceptors (Lipinski definition) is 1. The van der Waals surface area contributed by atoms with Crippen LogP contribution in [0.3, 0.4) is 0 Å². The first kappa shape index (κ1) is 39.7. The Hall–Kier alpha value is -9.30. The summed E-state index contributed by atoms with van der Waals surface area (Å²) in [6.07, 6.45) is 0. The predicted molar refractivity (Wildman–Crippen MR) is 306 cm³/mol. The van der Waals surface area contributed by atoms with Crippen LogP contribution in [0.25, 0.3) is 130 Å². The molecule has 0 bridgehead atoms. The van der Waals surface area contributed by atoms with Gasteiger partial charge in [0.25, 0.3) is 0 Å². The van der Waals surface area contributed by atoms with E-state index in [-0.39, 0.29) is 0 Å². The number of rotatable bonds is 6. The first-order chi connectivity index (χ1) is 35.2. The molecule has 0 amide bonds. The van der Waals surface area contributed by atoms with E-state index in [0.29, 0.717) is 0 Å². The van der Waals surface area contributed by atoms with Crippen LogP contribution in [0.1, 0.15) is 0 Å². The summed E-state index contributed by atoms with van der Waals surface area (Å²) in [5.74, 6) is 0. The van der Waals surface area contributed by atoms with Crippen molar-refractivity contribution in [1.82, 2.24) is 0 Å². The largest absolute Gasteiger partial charge is 0.310 e. The molecule has 0 aliphatic rings. The van der Waals surface area contributed by atoms with Crippen molar-refractivity contribution in [2.45, 2.75) is 0 Å². The van der Waals surface area contributed by atoms with E-state index in [1.165, 1.54) is 130 Å². The minimum Gasteiger partial charge on any atom is -0.310 e. The molecule has 1 heteroatoms. The van der Waals surface area contributed by atoms with Crippen molar-refractivity contribution in [3.63, 3.8) is 0 Å². The van der Waals surface area contributed by atoms with Gasteiger partial charge >= 0.3 is 0 Å². The van der Waals surface area contributed by atoms with Crippen molar-refractivity contribution >= 4 is 114 Å². The Bertz CT molecular complexity index is 4590. The second-order valence-electron chi connectivity index (χ2n) is 19.2. The Kier molecular flexibility index (Phi) is 8.73. The van der Waals surface area contributed by atoms with Crippen LogP contribution in [0, 0.1) is 0 Å². The van der Waals surface area contributed by atoms with Gasteiger partial charge in [0.1, 0.15) is 0 Å². The summed E-state index contributed by atoms with van der Waals surface area (Å²) in [6.45, 7) is 0. The van der Waals surface area contributed by atoms with E-state index in [0.717, 1.165) is 17.1 Å². The van der Waals surface area contributed by atoms with Crippen molar-refractivity contribution in [1.29, 1.82) is 0 Å². The maximum Gasteiger partial charge on any atom is 0.0474 e. The summed E-state index contributed by atoms with van der Waals surface area (Å²) in [4.78, 5) is 2.45. The Morgan fingerprint density at radius 3 is 1.23 bits per heavy atom. The number of anilines is 3. The molecule has 0 spiro atoms. The van der Waals surface area contributed by atoms with Crippen molar-refractivity contribution in [2.24, 2.45) is 0 Å². The van der Waals surface area contributed by atoms with Gasteiger partial charge in [-0.05, 0) is 173 Å². The quantitative estimate of drug-likeness (QED) is 0.150. The van der Waals surface area contributed by atoms with Crippen LogP contribution in [0.2, 0.25) is 0 Å². The molecule has 15 aromatic rings. The molecule has 0 atom stereocenters. The molecule has 0 heterocycles. The number of hydrogen-bond donors (Lipinski definition) is 0. The average Bonchev–Trinajstić information content (AvgIpc) is 3.44. The first-order valence-electron chi connectivity index (χ1n) is 24.6. The molecular formula is C70H43N. The predicted octanol–water partition coefficient (Wildman–Crippen LogP) is 20.0. The van der Waals surface area contributed by atoms with E-state index >= 15 is 0 Å². The van der Waals surface area contributed by atoms with Crippen molar-refractivity contribution in [2.75, 3.05) is 4.90 Å². The Balaban J connectivity index is 0.934. The Morgan fingerprint density at radius 1 is 0.183 bits per heavy atom. The van der Waals surface area contributed by atoms with Crippen LogP contribution in [0.4, 0.5) is 17.1 Å². The van der Waals surface area contributed by atoms with Crippen LogP contribution < -0.4 is 4.90 Å². The highest BCUT2D eigenvalue weighted by Crippen LogP contribution is 2.47. The number of nitrogens with zero attached hydrogens (tertiary/aromatic N) is 1. The van der Waals surface area contributed by atoms with Gasteiger partial charge in [0, 0.05) is 17.1 Å². The highest BCUT2D eigenvalue weighted by molar-refractivity contribution is 6.37. The van der Waals surface area contributed by atoms with Gasteiger partial charge in [-0.15, -0.1) is 0 Å². The lowest BCUT2D eigenvalue weighted by Gasteiger charge is -2.27. The highest BCUT2D eigenvalue weighted by atomic mass is 15.1. The van der Waals surface area contributed by atoms with Gasteiger partial charge in [0.2, 0.25) is 0 Å². The topological polar surface area (TPSA) is 3.24 Å². The van der Waals surface area contributed by atoms with Gasteiger partial charge in [0.15, 0.2) is 0 Å². The summed E-state index contributed by atoms with van der Waals surface area (Å²) in [6, 6.07) is 97.1. The third-order valence-corrected chi connectivity index (χ3v) is 15.3. The van der Waals surface area contributed by atoms with Gasteiger partial charge < -0.3 is 4.90 Å². The number of fused-ring (bicyclic) bond motifs is 6. The third-order valence-electron chi connectivity index (χ3n) is 15.3. The van der Waals surface area contributed by atoms with Crippen LogP contribution in [-0.4, -0.2) is 0 Å². The standard InChI is InChI=1S/C70H43N/c1-3-17-57-46(11-1)13-7-21-58(57)47-27-25-44(26-28-47)45-33-37-54(38-34-45)71(55-39-35-48(36-40-55)65-42-52-12-2-4-18-59(52)60-19-5-6-20-61(60)65)56-41-53-32-31-51-15-9-23-63-62-22-8-14-49-29-30-50-16-10-24-64(69(50)67(49)62)66(43-56)70(53)68(51)63/h1-43H. The first-order valence-corrected chi connectivity index (χ1v) is 24.6. The number of benzene rings is 14. The van der Waals surface area contributed by atoms with Crippen molar-refractivity contribution < 1.29 is 0 Å². The zero-order chi connectivity index (χ0) is 46.6. The van der Waals surface area contributed by atoms with Crippen molar-refractivity contribution in [3.8, 4) is 33.4 Å². The summed E-state index contributed by atoms with van der Waals surface area (Å²) in [5, 5.41) is 22.9. The molecule has 0 radical (unpaired) electrons. The van der Waals surface area contributed by atoms with Crippen LogP contribution >= 0.6 is 0 Å². The van der Waals surface area contributed by atoms with E-state index in [2.05, 4.69) is 266 Å². The van der Waals surface area contributed by atoms with Gasteiger partial charge in [-0.1, -0.05) is 218 Å². The Labute approximate surface area is 411 Å². The summed E-state index contributed by atoms with van der Waals surface area (Å²) < 4.78 is 0. The second-order valence-corrected chi connectivity index (χ2v) is 19.2. The van der Waals surface area contributed by atoms with Gasteiger partial charge in [-0.2, -0.15) is 0 Å². The zero-order valence-corrected chi connectivity index (χ0v) is 38.8. The minimum absolute atomic E-state index is 1.09. The lowest BCUT2D eigenvalue weighted by Crippen LogP contribution is -2.10. The molecule has 0 unspecified atom stereocenters. The Morgan fingerprint density at radius 2 is 0.592 bits per heavy atom. The van der Waals surface area contributed by atoms with Crippen LogP contribution in [-0.2, 0) is 0 Å². The summed E-state index contributed by atoms with van der Waals surface area (Å²) in [5.41, 5.74) is 10.6. The molecule has 0 saturated heterocycles. The SMILES string of the molecule is c1ccc2c(-c3ccc(-c4ccc(N(c5ccc(-c6cc7ccccc7c7ccccc67)cc5)c5cc6ccc7cccc8c9cccc%10ccc%11cccc(c(c5)c6c78)c%11c%109)cc4)cc3)cccc2c1. The fraction of sp³-hybridized carbons (Fsp3) is 0. The van der Waals surface area contributed by atoms with E-state index < -0.39 is 0 Å². The van der Waals surface area contributed by atoms with Gasteiger partial charge in [-0.25, -0.2) is 0 Å². The fourth-order valence-electron chi connectivity index (χ4n) is 12.1. The molecule has 0 aliphatic heterocycles. The van der Waals surface area contributed by atoms with Crippen LogP contribution in [0.5, 0.6) is 0 Å². The lowest BCUT2D eigenvalue weighted by molar-refractivity contribution is 1.29. The normalized spacial score (nSPS) is 11.9. The molecule has 0 N–H and O–H groups in total. The molecule has 0 aliphatic carbocycles. The maximum atomic E-state index is 2.46. The smallest absolute Gasteiger partial charge is 0.0474 e. The third kappa shape index (κ3) is 6.20. The maximum absolute atomic E-state index is 2.46. The zero-order valence-electron chi connectivity index (χ0n) is 38.8. The average molecular weight is 898 g/mol. The van der Waals surface area contributed by atoms with E-state index in [9.17, 15) is 0 Å². The van der Waals surface area contributed by atoms with Crippen molar-refractivity contribution in [3.05, 3.63) is 261 Å². The van der Waals surface area contributed by atoms with E-state index in [4.69, 9.17) is 0 Å². The molecule has 328 valence electrons. The van der Waals surface area contributed by atoms with E-state index in [1.54, 1.807) is 0 Å². The molecule has 1 nitrogen and oxygen atoms in total. The molecule has 0 aromatic heterocycles. The van der Waals surface area contributed by atoms with Gasteiger partial charge in [-0.3, -0.25) is 0 Å². The lowest BCUT2D eigenvalue weighted by atomic mass is 9.87. The monoisotopic (exact) mass is 897 g/mol. The molecular weight excluding hydrogens is 855 g/mol.